The van der Waals surface area contributed by atoms with Gasteiger partial charge in [0.25, 0.3) is 0 Å². The minimum atomic E-state index is -4.37. The number of hydrogen-bond donors (Lipinski definition) is 0. The van der Waals surface area contributed by atoms with Crippen LogP contribution >= 0.6 is 0 Å². The van der Waals surface area contributed by atoms with Gasteiger partial charge >= 0.3 is 196 Å². The molecule has 0 atom stereocenters. The van der Waals surface area contributed by atoms with E-state index in [0.29, 0.717) is 21.7 Å². The van der Waals surface area contributed by atoms with Gasteiger partial charge in [0, 0.05) is 0 Å². The number of hydrogen-bond acceptors (Lipinski definition) is 8. The predicted molar refractivity (Wildman–Crippen MR) is 115 cm³/mol. The Labute approximate surface area is 196 Å². The van der Waals surface area contributed by atoms with Crippen LogP contribution in [-0.4, -0.2) is 41.0 Å². The van der Waals surface area contributed by atoms with Crippen LogP contribution in [0.3, 0.4) is 0 Å². The van der Waals surface area contributed by atoms with Gasteiger partial charge in [-0.15, -0.1) is 0 Å². The molecule has 0 N–H and O–H groups in total. The van der Waals surface area contributed by atoms with E-state index in [1.165, 1.54) is 48.5 Å². The third-order valence-corrected chi connectivity index (χ3v) is 14.2. The summed E-state index contributed by atoms with van der Waals surface area (Å²) in [6, 6.07) is 10.1. The van der Waals surface area contributed by atoms with Crippen molar-refractivity contribution in [3.63, 3.8) is 0 Å². The standard InChI is InChI=1S/2C7H5NO4.2C4H9.Sn/c2*9-7(10)5-1-3-6(4-2-5)8(11)12;2*1-3-4-2;/h2*1-4H,(H,9,10);2*1,3-4H2,2H3;/q;;;;+2/p-2. The van der Waals surface area contributed by atoms with Crippen molar-refractivity contribution >= 4 is 42.5 Å². The summed E-state index contributed by atoms with van der Waals surface area (Å²) < 4.78 is 12.6. The van der Waals surface area contributed by atoms with Gasteiger partial charge in [-0.3, -0.25) is 0 Å². The molecule has 11 heteroatoms. The van der Waals surface area contributed by atoms with Crippen LogP contribution in [0.15, 0.2) is 48.5 Å². The third kappa shape index (κ3) is 7.51. The van der Waals surface area contributed by atoms with Crippen LogP contribution < -0.4 is 10.2 Å². The van der Waals surface area contributed by atoms with Crippen LogP contribution in [0.2, 0.25) is 8.87 Å². The first-order valence-corrected chi connectivity index (χ1v) is 17.0. The van der Waals surface area contributed by atoms with Crippen molar-refractivity contribution < 1.29 is 36.0 Å². The molecule has 0 aliphatic carbocycles. The second kappa shape index (κ2) is 12.3. The molecule has 0 aliphatic heterocycles. The average Bonchev–Trinajstić information content (AvgIpc) is 2.81. The molecule has 33 heavy (non-hydrogen) atoms. The van der Waals surface area contributed by atoms with Gasteiger partial charge in [0.05, 0.1) is 0 Å². The molecule has 176 valence electrons. The molecule has 0 unspecified atom stereocenters. The molecular weight excluding hydrogens is 539 g/mol. The molecule has 0 saturated carbocycles. The van der Waals surface area contributed by atoms with Gasteiger partial charge in [0.2, 0.25) is 0 Å². The fraction of sp³-hybridized carbons (Fsp3) is 0.364. The van der Waals surface area contributed by atoms with Crippen molar-refractivity contribution in [3.05, 3.63) is 69.5 Å². The van der Waals surface area contributed by atoms with Gasteiger partial charge in [-0.05, 0) is 0 Å². The van der Waals surface area contributed by atoms with E-state index in [-0.39, 0.29) is 32.3 Å². The molecule has 0 radical (unpaired) electrons. The van der Waals surface area contributed by atoms with Gasteiger partial charge in [0.15, 0.2) is 0 Å². The maximum absolute atomic E-state index is 12.8. The van der Waals surface area contributed by atoms with Crippen molar-refractivity contribution in [3.8, 4) is 0 Å². The van der Waals surface area contributed by atoms with Crippen molar-refractivity contribution in [2.24, 2.45) is 0 Å². The van der Waals surface area contributed by atoms with Gasteiger partial charge in [-0.1, -0.05) is 0 Å². The first kappa shape index (κ1) is 26.2. The first-order valence-electron chi connectivity index (χ1n) is 10.7. The van der Waals surface area contributed by atoms with E-state index in [2.05, 4.69) is 0 Å². The number of nitrogens with zero attached hydrogens (tertiary/aromatic N) is 2. The van der Waals surface area contributed by atoms with E-state index in [9.17, 15) is 29.6 Å². The quantitative estimate of drug-likeness (QED) is 0.252. The van der Waals surface area contributed by atoms with E-state index >= 15 is 0 Å². The zero-order chi connectivity index (χ0) is 24.4. The molecule has 0 aliphatic rings. The normalized spacial score (nSPS) is 11.0. The summed E-state index contributed by atoms with van der Waals surface area (Å²) in [5.74, 6) is -2.73. The predicted octanol–water partition coefficient (Wildman–Crippen LogP) is 2.84. The van der Waals surface area contributed by atoms with Crippen molar-refractivity contribution in [2.75, 3.05) is 0 Å². The number of carbonyl (C=O) groups excluding carboxylic acids is 2. The zero-order valence-corrected chi connectivity index (χ0v) is 21.4. The summed E-state index contributed by atoms with van der Waals surface area (Å²) >= 11 is -4.37. The van der Waals surface area contributed by atoms with Gasteiger partial charge in [0.1, 0.15) is 0 Å². The van der Waals surface area contributed by atoms with Crippen LogP contribution in [0.25, 0.3) is 0 Å². The van der Waals surface area contributed by atoms with E-state index in [4.69, 9.17) is 6.35 Å². The molecule has 0 heterocycles. The van der Waals surface area contributed by atoms with Crippen LogP contribution in [-0.2, 0) is 6.35 Å². The van der Waals surface area contributed by atoms with Crippen molar-refractivity contribution in [1.82, 2.24) is 0 Å². The average molecular weight is 565 g/mol. The first-order chi connectivity index (χ1) is 15.7. The molecule has 0 bridgehead atoms. The SMILES string of the molecule is CCC[CH2][Sn]([CH2]CCC)([O][N+](=O)c1ccc(C(=O)[O-])cc1)[O][N+](=O)c1ccc(C(=O)[O-])cc1. The minimum absolute atomic E-state index is 0.0634. The van der Waals surface area contributed by atoms with Gasteiger partial charge in [-0.25, -0.2) is 0 Å². The molecule has 2 aromatic carbocycles. The number of carbonyl (C=O) groups is 2. The summed E-state index contributed by atoms with van der Waals surface area (Å²) in [6.45, 7) is 3.94. The summed E-state index contributed by atoms with van der Waals surface area (Å²) in [6.07, 6.45) is 2.98. The summed E-state index contributed by atoms with van der Waals surface area (Å²) in [4.78, 5) is 48.1. The zero-order valence-electron chi connectivity index (χ0n) is 18.5. The van der Waals surface area contributed by atoms with Crippen molar-refractivity contribution in [1.29, 1.82) is 0 Å². The van der Waals surface area contributed by atoms with Crippen LogP contribution in [0.1, 0.15) is 60.2 Å². The molecule has 0 aromatic heterocycles. The Morgan fingerprint density at radius 1 is 0.727 bits per heavy atom. The van der Waals surface area contributed by atoms with E-state index in [0.717, 1.165) is 12.8 Å². The fourth-order valence-corrected chi connectivity index (χ4v) is 12.3. The van der Waals surface area contributed by atoms with E-state index in [1.807, 2.05) is 13.8 Å². The Balaban J connectivity index is 2.31. The van der Waals surface area contributed by atoms with Crippen LogP contribution in [0.4, 0.5) is 11.4 Å². The molecule has 0 amide bonds. The number of benzene rings is 2. The molecule has 0 fully saturated rings. The molecule has 2 aromatic rings. The molecule has 2 rings (SSSR count). The Morgan fingerprint density at radius 2 is 1.06 bits per heavy atom. The van der Waals surface area contributed by atoms with Gasteiger partial charge < -0.3 is 0 Å². The Bertz CT molecular complexity index is 911. The Hall–Kier alpha value is -3.02. The van der Waals surface area contributed by atoms with Crippen LogP contribution in [0, 0.1) is 9.81 Å². The monoisotopic (exact) mass is 566 g/mol. The molecular formula is C22H26N2O8Sn. The second-order valence-electron chi connectivity index (χ2n) is 7.48. The number of carboxylic acids is 2. The topological polar surface area (TPSA) is 139 Å². The van der Waals surface area contributed by atoms with E-state index < -0.39 is 31.1 Å². The van der Waals surface area contributed by atoms with Crippen LogP contribution in [0.5, 0.6) is 0 Å². The van der Waals surface area contributed by atoms with Gasteiger partial charge in [-0.2, -0.15) is 0 Å². The Kier molecular flexibility index (Phi) is 9.76. The fourth-order valence-electron chi connectivity index (χ4n) is 3.06. The molecule has 0 spiro atoms. The maximum atomic E-state index is 12.8. The number of rotatable bonds is 14. The number of carboxylic acid groups (broad SMARTS) is 2. The second-order valence-corrected chi connectivity index (χ2v) is 16.6. The Morgan fingerprint density at radius 3 is 1.33 bits per heavy atom. The summed E-state index contributed by atoms with van der Waals surface area (Å²) in [7, 11) is 0. The summed E-state index contributed by atoms with van der Waals surface area (Å²) in [5, 5.41) is 21.9. The third-order valence-electron chi connectivity index (χ3n) is 4.95. The van der Waals surface area contributed by atoms with Crippen molar-refractivity contribution in [2.45, 2.75) is 48.4 Å². The summed E-state index contributed by atoms with van der Waals surface area (Å²) in [5.41, 5.74) is -0.0383. The number of aromatic carboxylic acids is 2. The molecule has 0 saturated heterocycles. The molecule has 10 nitrogen and oxygen atoms in total. The number of unbranched alkanes of at least 4 members (excludes halogenated alkanes) is 2. The van der Waals surface area contributed by atoms with E-state index in [1.54, 1.807) is 0 Å².